The summed E-state index contributed by atoms with van der Waals surface area (Å²) in [5, 5.41) is 2.79. The number of hydrazine groups is 1. The number of nitrogen functional groups attached to an aromatic ring is 1. The highest BCUT2D eigenvalue weighted by atomic mass is 16.5. The van der Waals surface area contributed by atoms with E-state index >= 15 is 0 Å². The Balaban J connectivity index is 2.39. The summed E-state index contributed by atoms with van der Waals surface area (Å²) in [6, 6.07) is 3.33. The van der Waals surface area contributed by atoms with Gasteiger partial charge in [0.25, 0.3) is 5.91 Å². The van der Waals surface area contributed by atoms with Crippen molar-refractivity contribution in [2.45, 2.75) is 26.7 Å². The predicted molar refractivity (Wildman–Crippen MR) is 74.8 cm³/mol. The molecular weight excluding hydrogens is 244 g/mol. The molecular formula is C13H22N4O2. The summed E-state index contributed by atoms with van der Waals surface area (Å²) in [6.07, 6.45) is 2.15. The Morgan fingerprint density at radius 2 is 2.21 bits per heavy atom. The van der Waals surface area contributed by atoms with Crippen molar-refractivity contribution in [2.75, 3.05) is 25.2 Å². The highest BCUT2D eigenvalue weighted by molar-refractivity contribution is 5.94. The minimum Gasteiger partial charge on any atom is -0.380 e. The van der Waals surface area contributed by atoms with Crippen molar-refractivity contribution in [1.82, 2.24) is 10.3 Å². The average Bonchev–Trinajstić information content (AvgIpc) is 2.41. The number of hydrogen-bond acceptors (Lipinski definition) is 5. The van der Waals surface area contributed by atoms with Crippen molar-refractivity contribution in [3.63, 3.8) is 0 Å². The molecule has 0 radical (unpaired) electrons. The van der Waals surface area contributed by atoms with E-state index in [9.17, 15) is 4.79 Å². The molecule has 0 saturated carbocycles. The number of hydrogen-bond donors (Lipinski definition) is 3. The average molecular weight is 266 g/mol. The normalized spacial score (nSPS) is 10.3. The van der Waals surface area contributed by atoms with E-state index in [-0.39, 0.29) is 5.91 Å². The van der Waals surface area contributed by atoms with Crippen LogP contribution in [0, 0.1) is 6.92 Å². The van der Waals surface area contributed by atoms with Gasteiger partial charge in [-0.05, 0) is 25.5 Å². The number of carbonyl (C=O) groups is 1. The van der Waals surface area contributed by atoms with Crippen LogP contribution in [0.25, 0.3) is 0 Å². The Labute approximate surface area is 113 Å². The number of nitrogens with zero attached hydrogens (tertiary/aromatic N) is 1. The van der Waals surface area contributed by atoms with Gasteiger partial charge in [0.2, 0.25) is 0 Å². The monoisotopic (exact) mass is 266 g/mol. The number of nitrogens with two attached hydrogens (primary N) is 1. The molecule has 6 nitrogen and oxygen atoms in total. The zero-order chi connectivity index (χ0) is 14.1. The van der Waals surface area contributed by atoms with Gasteiger partial charge >= 0.3 is 0 Å². The van der Waals surface area contributed by atoms with Crippen molar-refractivity contribution in [2.24, 2.45) is 5.84 Å². The minimum absolute atomic E-state index is 0.152. The number of pyridine rings is 1. The lowest BCUT2D eigenvalue weighted by Crippen LogP contribution is -2.27. The molecule has 0 saturated heterocycles. The maximum Gasteiger partial charge on any atom is 0.251 e. The molecule has 4 N–H and O–H groups in total. The molecule has 106 valence electrons. The number of unbranched alkanes of at least 4 members (excludes halogenated alkanes) is 1. The first-order valence-corrected chi connectivity index (χ1v) is 6.48. The summed E-state index contributed by atoms with van der Waals surface area (Å²) in [4.78, 5) is 16.0. The maximum atomic E-state index is 11.9. The molecule has 0 aliphatic rings. The molecule has 0 fully saturated rings. The third-order valence-electron chi connectivity index (χ3n) is 2.54. The quantitative estimate of drug-likeness (QED) is 0.374. The lowest BCUT2D eigenvalue weighted by molar-refractivity contribution is 0.0912. The third kappa shape index (κ3) is 5.67. The molecule has 1 amide bonds. The Hall–Kier alpha value is -1.66. The molecule has 1 aromatic rings. The third-order valence-corrected chi connectivity index (χ3v) is 2.54. The Bertz CT molecular complexity index is 410. The van der Waals surface area contributed by atoms with Crippen LogP contribution in [0.4, 0.5) is 5.82 Å². The fourth-order valence-electron chi connectivity index (χ4n) is 1.56. The molecule has 0 bridgehead atoms. The van der Waals surface area contributed by atoms with E-state index in [4.69, 9.17) is 10.6 Å². The van der Waals surface area contributed by atoms with E-state index in [1.54, 1.807) is 12.1 Å². The molecule has 0 aliphatic carbocycles. The molecule has 0 unspecified atom stereocenters. The van der Waals surface area contributed by atoms with Gasteiger partial charge in [-0.25, -0.2) is 10.8 Å². The van der Waals surface area contributed by atoms with Crippen molar-refractivity contribution >= 4 is 11.7 Å². The number of anilines is 1. The largest absolute Gasteiger partial charge is 0.380 e. The van der Waals surface area contributed by atoms with Crippen LogP contribution in [-0.2, 0) is 4.74 Å². The van der Waals surface area contributed by atoms with Gasteiger partial charge in [0.05, 0.1) is 6.61 Å². The van der Waals surface area contributed by atoms with Crippen LogP contribution in [0.2, 0.25) is 0 Å². The van der Waals surface area contributed by atoms with E-state index in [2.05, 4.69) is 22.7 Å². The lowest BCUT2D eigenvalue weighted by Gasteiger charge is -2.08. The summed E-state index contributed by atoms with van der Waals surface area (Å²) in [6.45, 7) is 5.68. The van der Waals surface area contributed by atoms with Gasteiger partial charge in [0, 0.05) is 24.4 Å². The molecule has 0 aliphatic heterocycles. The number of aromatic nitrogens is 1. The zero-order valence-corrected chi connectivity index (χ0v) is 11.5. The van der Waals surface area contributed by atoms with Crippen LogP contribution >= 0.6 is 0 Å². The van der Waals surface area contributed by atoms with Crippen molar-refractivity contribution in [3.8, 4) is 0 Å². The van der Waals surface area contributed by atoms with Crippen LogP contribution in [0.3, 0.4) is 0 Å². The van der Waals surface area contributed by atoms with E-state index in [1.807, 2.05) is 6.92 Å². The van der Waals surface area contributed by atoms with Crippen LogP contribution in [0.15, 0.2) is 12.1 Å². The van der Waals surface area contributed by atoms with Crippen LogP contribution in [0.1, 0.15) is 35.8 Å². The second-order valence-corrected chi connectivity index (χ2v) is 4.25. The lowest BCUT2D eigenvalue weighted by atomic mass is 10.2. The number of carbonyl (C=O) groups excluding carboxylic acids is 1. The first-order chi connectivity index (χ1) is 9.17. The van der Waals surface area contributed by atoms with Gasteiger partial charge < -0.3 is 15.5 Å². The van der Waals surface area contributed by atoms with Crippen molar-refractivity contribution in [3.05, 3.63) is 23.4 Å². The summed E-state index contributed by atoms with van der Waals surface area (Å²) >= 11 is 0. The zero-order valence-electron chi connectivity index (χ0n) is 11.5. The fourth-order valence-corrected chi connectivity index (χ4v) is 1.56. The Morgan fingerprint density at radius 3 is 2.89 bits per heavy atom. The van der Waals surface area contributed by atoms with E-state index in [1.165, 1.54) is 0 Å². The smallest absolute Gasteiger partial charge is 0.251 e. The highest BCUT2D eigenvalue weighted by Gasteiger charge is 2.07. The maximum absolute atomic E-state index is 11.9. The topological polar surface area (TPSA) is 89.3 Å². The van der Waals surface area contributed by atoms with Gasteiger partial charge in [0.1, 0.15) is 5.82 Å². The number of ether oxygens (including phenoxy) is 1. The summed E-state index contributed by atoms with van der Waals surface area (Å²) < 4.78 is 5.37. The summed E-state index contributed by atoms with van der Waals surface area (Å²) in [5.41, 5.74) is 3.71. The molecule has 1 heterocycles. The standard InChI is InChI=1S/C13H22N4O2/c1-3-4-6-19-7-5-15-13(18)11-8-10(2)16-12(9-11)17-14/h8-9H,3-7,14H2,1-2H3,(H,15,18)(H,16,17). The van der Waals surface area contributed by atoms with Gasteiger partial charge in [-0.3, -0.25) is 4.79 Å². The van der Waals surface area contributed by atoms with Gasteiger partial charge in [-0.15, -0.1) is 0 Å². The fraction of sp³-hybridized carbons (Fsp3) is 0.538. The number of nitrogens with one attached hydrogen (secondary N) is 2. The van der Waals surface area contributed by atoms with Gasteiger partial charge in [-0.1, -0.05) is 13.3 Å². The summed E-state index contributed by atoms with van der Waals surface area (Å²) in [5.74, 6) is 5.62. The minimum atomic E-state index is -0.152. The van der Waals surface area contributed by atoms with Crippen molar-refractivity contribution in [1.29, 1.82) is 0 Å². The molecule has 1 aromatic heterocycles. The number of amides is 1. The molecule has 19 heavy (non-hydrogen) atoms. The van der Waals surface area contributed by atoms with E-state index < -0.39 is 0 Å². The van der Waals surface area contributed by atoms with Crippen LogP contribution < -0.4 is 16.6 Å². The predicted octanol–water partition coefficient (Wildman–Crippen LogP) is 1.22. The second kappa shape index (κ2) is 8.44. The highest BCUT2D eigenvalue weighted by Crippen LogP contribution is 2.08. The molecule has 0 atom stereocenters. The Morgan fingerprint density at radius 1 is 1.42 bits per heavy atom. The van der Waals surface area contributed by atoms with Crippen LogP contribution in [0.5, 0.6) is 0 Å². The van der Waals surface area contributed by atoms with Gasteiger partial charge in [0.15, 0.2) is 0 Å². The molecule has 6 heteroatoms. The number of aryl methyl sites for hydroxylation is 1. The van der Waals surface area contributed by atoms with Crippen LogP contribution in [-0.4, -0.2) is 30.6 Å². The first-order valence-electron chi connectivity index (χ1n) is 6.48. The van der Waals surface area contributed by atoms with Crippen molar-refractivity contribution < 1.29 is 9.53 Å². The summed E-state index contributed by atoms with van der Waals surface area (Å²) in [7, 11) is 0. The SMILES string of the molecule is CCCCOCCNC(=O)c1cc(C)nc(NN)c1. The number of rotatable bonds is 8. The van der Waals surface area contributed by atoms with E-state index in [0.717, 1.165) is 25.1 Å². The molecule has 0 spiro atoms. The van der Waals surface area contributed by atoms with E-state index in [0.29, 0.717) is 24.5 Å². The van der Waals surface area contributed by atoms with Gasteiger partial charge in [-0.2, -0.15) is 0 Å². The second-order valence-electron chi connectivity index (χ2n) is 4.25. The Kier molecular flexibility index (Phi) is 6.84. The molecule has 1 rings (SSSR count). The first kappa shape index (κ1) is 15.4. The molecule has 0 aromatic carbocycles.